The number of benzene rings is 1. The van der Waals surface area contributed by atoms with E-state index in [1.165, 1.54) is 0 Å². The predicted molar refractivity (Wildman–Crippen MR) is 80.3 cm³/mol. The average Bonchev–Trinajstić information content (AvgIpc) is 2.39. The van der Waals surface area contributed by atoms with Crippen LogP contribution in [-0.4, -0.2) is 31.1 Å². The van der Waals surface area contributed by atoms with Crippen LogP contribution < -0.4 is 21.7 Å². The Labute approximate surface area is 123 Å². The average molecular weight is 299 g/mol. The molecule has 0 unspecified atom stereocenters. The van der Waals surface area contributed by atoms with E-state index in [4.69, 9.17) is 5.73 Å². The first kappa shape index (κ1) is 16.3. The first-order chi connectivity index (χ1) is 9.15. The van der Waals surface area contributed by atoms with Crippen molar-refractivity contribution < 1.29 is 9.59 Å². The summed E-state index contributed by atoms with van der Waals surface area (Å²) < 4.78 is 0. The number of carbonyl (C=O) groups is 2. The van der Waals surface area contributed by atoms with E-state index in [1.807, 2.05) is 0 Å². The summed E-state index contributed by atoms with van der Waals surface area (Å²) >= 11 is 0. The zero-order valence-electron chi connectivity index (χ0n) is 11.0. The maximum absolute atomic E-state index is 12.1. The van der Waals surface area contributed by atoms with Gasteiger partial charge in [0.2, 0.25) is 0 Å². The second-order valence-corrected chi connectivity index (χ2v) is 4.57. The van der Waals surface area contributed by atoms with Gasteiger partial charge >= 0.3 is 6.03 Å². The lowest BCUT2D eigenvalue weighted by molar-refractivity contribution is 0.0929. The molecule has 0 radical (unpaired) electrons. The number of carbonyl (C=O) groups excluding carboxylic acids is 2. The fourth-order valence-corrected chi connectivity index (χ4v) is 2.12. The molecule has 110 valence electrons. The molecule has 6 nitrogen and oxygen atoms in total. The third kappa shape index (κ3) is 4.71. The third-order valence-electron chi connectivity index (χ3n) is 3.07. The van der Waals surface area contributed by atoms with Crippen LogP contribution >= 0.6 is 12.4 Å². The molecule has 20 heavy (non-hydrogen) atoms. The van der Waals surface area contributed by atoms with Crippen molar-refractivity contribution >= 4 is 30.0 Å². The molecule has 1 fully saturated rings. The summed E-state index contributed by atoms with van der Waals surface area (Å²) in [6.45, 7) is 1.85. The van der Waals surface area contributed by atoms with Gasteiger partial charge in [0.15, 0.2) is 0 Å². The highest BCUT2D eigenvalue weighted by atomic mass is 35.5. The molecule has 1 aliphatic rings. The molecule has 0 aromatic heterocycles. The lowest BCUT2D eigenvalue weighted by Gasteiger charge is -2.23. The first-order valence-electron chi connectivity index (χ1n) is 6.33. The van der Waals surface area contributed by atoms with Gasteiger partial charge in [-0.05, 0) is 44.1 Å². The topological polar surface area (TPSA) is 96.2 Å². The van der Waals surface area contributed by atoms with Gasteiger partial charge in [-0.1, -0.05) is 6.07 Å². The van der Waals surface area contributed by atoms with Crippen LogP contribution in [0, 0.1) is 0 Å². The molecule has 1 heterocycles. The quantitative estimate of drug-likeness (QED) is 0.672. The van der Waals surface area contributed by atoms with E-state index in [0.717, 1.165) is 25.9 Å². The molecule has 0 aliphatic carbocycles. The zero-order chi connectivity index (χ0) is 13.7. The lowest BCUT2D eigenvalue weighted by atomic mass is 10.1. The molecule has 7 heteroatoms. The SMILES string of the molecule is Cl.NC(=O)Nc1cccc(C(=O)NC2CCNCC2)c1. The van der Waals surface area contributed by atoms with E-state index in [2.05, 4.69) is 16.0 Å². The van der Waals surface area contributed by atoms with E-state index in [-0.39, 0.29) is 24.4 Å². The smallest absolute Gasteiger partial charge is 0.316 e. The number of nitrogens with two attached hydrogens (primary N) is 1. The minimum absolute atomic E-state index is 0. The Morgan fingerprint density at radius 3 is 2.60 bits per heavy atom. The summed E-state index contributed by atoms with van der Waals surface area (Å²) in [4.78, 5) is 22.8. The number of halogens is 1. The van der Waals surface area contributed by atoms with E-state index in [9.17, 15) is 9.59 Å². The van der Waals surface area contributed by atoms with Crippen LogP contribution in [0.25, 0.3) is 0 Å². The van der Waals surface area contributed by atoms with Crippen LogP contribution in [0.5, 0.6) is 0 Å². The number of primary amides is 1. The van der Waals surface area contributed by atoms with E-state index < -0.39 is 6.03 Å². The fourth-order valence-electron chi connectivity index (χ4n) is 2.12. The molecule has 1 aliphatic heterocycles. The molecule has 0 saturated carbocycles. The summed E-state index contributed by atoms with van der Waals surface area (Å²) in [5.74, 6) is -0.125. The summed E-state index contributed by atoms with van der Waals surface area (Å²) in [5, 5.41) is 8.69. The van der Waals surface area contributed by atoms with Gasteiger partial charge in [0.1, 0.15) is 0 Å². The highest BCUT2D eigenvalue weighted by Gasteiger charge is 2.16. The summed E-state index contributed by atoms with van der Waals surface area (Å²) in [5.41, 5.74) is 6.08. The summed E-state index contributed by atoms with van der Waals surface area (Å²) in [6, 6.07) is 6.29. The zero-order valence-corrected chi connectivity index (χ0v) is 11.8. The fraction of sp³-hybridized carbons (Fsp3) is 0.385. The van der Waals surface area contributed by atoms with Crippen LogP contribution in [0.1, 0.15) is 23.2 Å². The van der Waals surface area contributed by atoms with Gasteiger partial charge in [-0.2, -0.15) is 0 Å². The predicted octanol–water partition coefficient (Wildman–Crippen LogP) is 1.08. The Balaban J connectivity index is 0.00000200. The number of nitrogens with one attached hydrogen (secondary N) is 3. The molecule has 3 amide bonds. The number of amides is 3. The van der Waals surface area contributed by atoms with Crippen LogP contribution in [0.15, 0.2) is 24.3 Å². The second kappa shape index (κ2) is 7.72. The van der Waals surface area contributed by atoms with Crippen molar-refractivity contribution in [2.45, 2.75) is 18.9 Å². The third-order valence-corrected chi connectivity index (χ3v) is 3.07. The molecule has 0 atom stereocenters. The number of rotatable bonds is 3. The van der Waals surface area contributed by atoms with Gasteiger partial charge in [-0.25, -0.2) is 4.79 Å². The van der Waals surface area contributed by atoms with Crippen molar-refractivity contribution in [3.63, 3.8) is 0 Å². The van der Waals surface area contributed by atoms with Crippen LogP contribution in [0.2, 0.25) is 0 Å². The Morgan fingerprint density at radius 2 is 1.95 bits per heavy atom. The van der Waals surface area contributed by atoms with Crippen molar-refractivity contribution in [3.8, 4) is 0 Å². The number of urea groups is 1. The number of piperidine rings is 1. The lowest BCUT2D eigenvalue weighted by Crippen LogP contribution is -2.42. The maximum atomic E-state index is 12.1. The molecule has 1 aromatic carbocycles. The largest absolute Gasteiger partial charge is 0.351 e. The monoisotopic (exact) mass is 298 g/mol. The van der Waals surface area contributed by atoms with Gasteiger partial charge < -0.3 is 21.7 Å². The van der Waals surface area contributed by atoms with E-state index >= 15 is 0 Å². The molecule has 0 bridgehead atoms. The van der Waals surface area contributed by atoms with Crippen molar-refractivity contribution in [1.82, 2.24) is 10.6 Å². The van der Waals surface area contributed by atoms with Crippen LogP contribution in [0.3, 0.4) is 0 Å². The second-order valence-electron chi connectivity index (χ2n) is 4.57. The number of anilines is 1. The Kier molecular flexibility index (Phi) is 6.27. The Hall–Kier alpha value is -1.79. The molecule has 1 aromatic rings. The Morgan fingerprint density at radius 1 is 1.25 bits per heavy atom. The van der Waals surface area contributed by atoms with Gasteiger partial charge in [0.05, 0.1) is 0 Å². The minimum Gasteiger partial charge on any atom is -0.351 e. The molecule has 1 saturated heterocycles. The van der Waals surface area contributed by atoms with Crippen molar-refractivity contribution in [3.05, 3.63) is 29.8 Å². The van der Waals surface area contributed by atoms with Gasteiger partial charge in [-0.3, -0.25) is 4.79 Å². The minimum atomic E-state index is -0.643. The highest BCUT2D eigenvalue weighted by molar-refractivity contribution is 5.96. The molecule has 0 spiro atoms. The molecular formula is C13H19ClN4O2. The van der Waals surface area contributed by atoms with Crippen molar-refractivity contribution in [2.24, 2.45) is 5.73 Å². The number of hydrogen-bond donors (Lipinski definition) is 4. The van der Waals surface area contributed by atoms with E-state index in [1.54, 1.807) is 24.3 Å². The highest BCUT2D eigenvalue weighted by Crippen LogP contribution is 2.11. The van der Waals surface area contributed by atoms with Crippen LogP contribution in [0.4, 0.5) is 10.5 Å². The van der Waals surface area contributed by atoms with Gasteiger partial charge in [-0.15, -0.1) is 12.4 Å². The van der Waals surface area contributed by atoms with Crippen LogP contribution in [-0.2, 0) is 0 Å². The summed E-state index contributed by atoms with van der Waals surface area (Å²) in [7, 11) is 0. The molecule has 5 N–H and O–H groups in total. The standard InChI is InChI=1S/C13H18N4O2.ClH/c14-13(19)17-11-3-1-2-9(8-11)12(18)16-10-4-6-15-7-5-10;/h1-3,8,10,15H,4-7H2,(H,16,18)(H3,14,17,19);1H. The van der Waals surface area contributed by atoms with Gasteiger partial charge in [0.25, 0.3) is 5.91 Å². The van der Waals surface area contributed by atoms with Crippen molar-refractivity contribution in [2.75, 3.05) is 18.4 Å². The molecular weight excluding hydrogens is 280 g/mol. The Bertz CT molecular complexity index is 475. The van der Waals surface area contributed by atoms with E-state index in [0.29, 0.717) is 11.3 Å². The first-order valence-corrected chi connectivity index (χ1v) is 6.33. The normalized spacial score (nSPS) is 15.0. The van der Waals surface area contributed by atoms with Gasteiger partial charge in [0, 0.05) is 17.3 Å². The maximum Gasteiger partial charge on any atom is 0.316 e. The summed E-state index contributed by atoms with van der Waals surface area (Å²) in [6.07, 6.45) is 1.87. The van der Waals surface area contributed by atoms with Crippen molar-refractivity contribution in [1.29, 1.82) is 0 Å². The molecule has 2 rings (SSSR count). The number of hydrogen-bond acceptors (Lipinski definition) is 3.